The summed E-state index contributed by atoms with van der Waals surface area (Å²) in [5, 5.41) is 10.6. The molecule has 0 saturated carbocycles. The molecular weight excluding hydrogens is 282 g/mol. The molecule has 1 aliphatic rings. The molecule has 2 amide bonds. The van der Waals surface area contributed by atoms with Crippen LogP contribution in [0.25, 0.3) is 0 Å². The van der Waals surface area contributed by atoms with Gasteiger partial charge in [-0.15, -0.1) is 5.10 Å². The van der Waals surface area contributed by atoms with Gasteiger partial charge in [0.25, 0.3) is 0 Å². The summed E-state index contributed by atoms with van der Waals surface area (Å²) in [5.41, 5.74) is 0. The Balaban J connectivity index is 1.41. The normalized spacial score (nSPS) is 18.4. The van der Waals surface area contributed by atoms with Gasteiger partial charge >= 0.3 is 6.03 Å². The Morgan fingerprint density at radius 1 is 1.45 bits per heavy atom. The number of carbonyl (C=O) groups excluding carboxylic acids is 1. The monoisotopic (exact) mass is 303 g/mol. The number of hydrogen-bond donors (Lipinski definition) is 2. The highest BCUT2D eigenvalue weighted by Crippen LogP contribution is 2.24. The van der Waals surface area contributed by atoms with Crippen LogP contribution in [0.1, 0.15) is 31.0 Å². The fraction of sp³-hybridized carbons (Fsp3) is 0.571. The van der Waals surface area contributed by atoms with Crippen molar-refractivity contribution >= 4 is 6.03 Å². The lowest BCUT2D eigenvalue weighted by Gasteiger charge is -2.31. The van der Waals surface area contributed by atoms with Crippen molar-refractivity contribution < 1.29 is 4.79 Å². The van der Waals surface area contributed by atoms with Crippen LogP contribution < -0.4 is 5.32 Å². The highest BCUT2D eigenvalue weighted by molar-refractivity contribution is 5.74. The second-order valence-electron chi connectivity index (χ2n) is 5.51. The number of aromatic nitrogens is 5. The molecule has 3 rings (SSSR count). The van der Waals surface area contributed by atoms with Gasteiger partial charge < -0.3 is 15.2 Å². The van der Waals surface area contributed by atoms with Crippen molar-refractivity contribution in [2.45, 2.75) is 31.7 Å². The third kappa shape index (κ3) is 3.63. The molecule has 1 atom stereocenters. The summed E-state index contributed by atoms with van der Waals surface area (Å²) in [4.78, 5) is 21.6. The highest BCUT2D eigenvalue weighted by Gasteiger charge is 2.25. The van der Waals surface area contributed by atoms with Crippen molar-refractivity contribution in [3.8, 4) is 0 Å². The molecule has 2 aromatic heterocycles. The molecule has 2 aromatic rings. The molecule has 0 unspecified atom stereocenters. The first-order valence-electron chi connectivity index (χ1n) is 7.69. The molecular formula is C14H21N7O. The van der Waals surface area contributed by atoms with Crippen molar-refractivity contribution in [1.82, 2.24) is 35.2 Å². The Hall–Kier alpha value is -2.38. The number of urea groups is 1. The van der Waals surface area contributed by atoms with Crippen LogP contribution in [-0.4, -0.2) is 55.5 Å². The molecule has 0 spiro atoms. The molecule has 8 heteroatoms. The Morgan fingerprint density at radius 2 is 2.41 bits per heavy atom. The highest BCUT2D eigenvalue weighted by atomic mass is 16.2. The molecule has 0 radical (unpaired) electrons. The minimum absolute atomic E-state index is 0.00912. The van der Waals surface area contributed by atoms with Crippen LogP contribution in [0.4, 0.5) is 4.79 Å². The average molecular weight is 303 g/mol. The van der Waals surface area contributed by atoms with E-state index in [1.165, 1.54) is 0 Å². The Kier molecular flexibility index (Phi) is 4.67. The van der Waals surface area contributed by atoms with Crippen LogP contribution in [0.15, 0.2) is 24.8 Å². The number of nitrogens with zero attached hydrogens (tertiary/aromatic N) is 5. The molecule has 1 saturated heterocycles. The summed E-state index contributed by atoms with van der Waals surface area (Å²) >= 11 is 0. The molecule has 1 aliphatic heterocycles. The molecule has 22 heavy (non-hydrogen) atoms. The summed E-state index contributed by atoms with van der Waals surface area (Å²) < 4.78 is 1.76. The van der Waals surface area contributed by atoms with Crippen molar-refractivity contribution in [2.24, 2.45) is 0 Å². The van der Waals surface area contributed by atoms with Crippen LogP contribution in [-0.2, 0) is 6.54 Å². The van der Waals surface area contributed by atoms with Gasteiger partial charge in [0, 0.05) is 50.7 Å². The van der Waals surface area contributed by atoms with Crippen molar-refractivity contribution in [3.05, 3.63) is 30.6 Å². The number of nitrogens with one attached hydrogen (secondary N) is 2. The van der Waals surface area contributed by atoms with E-state index in [1.807, 2.05) is 17.3 Å². The van der Waals surface area contributed by atoms with Crippen LogP contribution in [0.2, 0.25) is 0 Å². The number of aryl methyl sites for hydroxylation is 1. The van der Waals surface area contributed by atoms with Gasteiger partial charge in [-0.3, -0.25) is 4.68 Å². The summed E-state index contributed by atoms with van der Waals surface area (Å²) in [6, 6.07) is 0.00912. The Morgan fingerprint density at radius 3 is 3.18 bits per heavy atom. The topological polar surface area (TPSA) is 91.7 Å². The number of imidazole rings is 1. The van der Waals surface area contributed by atoms with E-state index in [-0.39, 0.29) is 6.03 Å². The molecule has 1 fully saturated rings. The second-order valence-corrected chi connectivity index (χ2v) is 5.51. The van der Waals surface area contributed by atoms with E-state index in [9.17, 15) is 4.79 Å². The van der Waals surface area contributed by atoms with E-state index >= 15 is 0 Å². The van der Waals surface area contributed by atoms with Gasteiger partial charge in [0.2, 0.25) is 0 Å². The molecule has 2 N–H and O–H groups in total. The third-order valence-electron chi connectivity index (χ3n) is 3.93. The SMILES string of the molecule is O=C(NCCCn1ccnn1)N1CCC[C@H](c2ncc[nH]2)C1. The van der Waals surface area contributed by atoms with Crippen molar-refractivity contribution in [3.63, 3.8) is 0 Å². The number of piperidine rings is 1. The maximum Gasteiger partial charge on any atom is 0.317 e. The number of likely N-dealkylation sites (tertiary alicyclic amines) is 1. The summed E-state index contributed by atoms with van der Waals surface area (Å²) in [7, 11) is 0. The molecule has 118 valence electrons. The summed E-state index contributed by atoms with van der Waals surface area (Å²) in [6.45, 7) is 2.93. The van der Waals surface area contributed by atoms with Crippen LogP contribution >= 0.6 is 0 Å². The number of aromatic amines is 1. The lowest BCUT2D eigenvalue weighted by atomic mass is 9.98. The molecule has 0 bridgehead atoms. The smallest absolute Gasteiger partial charge is 0.317 e. The van der Waals surface area contributed by atoms with E-state index in [2.05, 4.69) is 25.6 Å². The number of amides is 2. The predicted molar refractivity (Wildman–Crippen MR) is 80.2 cm³/mol. The maximum absolute atomic E-state index is 12.2. The lowest BCUT2D eigenvalue weighted by Crippen LogP contribution is -2.45. The maximum atomic E-state index is 12.2. The molecule has 0 aromatic carbocycles. The van der Waals surface area contributed by atoms with Gasteiger partial charge in [-0.05, 0) is 19.3 Å². The average Bonchev–Trinajstić information content (AvgIpc) is 3.24. The summed E-state index contributed by atoms with van der Waals surface area (Å²) in [6.07, 6.45) is 9.99. The summed E-state index contributed by atoms with van der Waals surface area (Å²) in [5.74, 6) is 1.29. The van der Waals surface area contributed by atoms with E-state index < -0.39 is 0 Å². The van der Waals surface area contributed by atoms with Gasteiger partial charge in [-0.1, -0.05) is 5.21 Å². The van der Waals surface area contributed by atoms with E-state index in [0.29, 0.717) is 12.5 Å². The number of rotatable bonds is 5. The van der Waals surface area contributed by atoms with Crippen LogP contribution in [0.3, 0.4) is 0 Å². The third-order valence-corrected chi connectivity index (χ3v) is 3.93. The molecule has 0 aliphatic carbocycles. The minimum Gasteiger partial charge on any atom is -0.348 e. The Labute approximate surface area is 128 Å². The number of H-pyrrole nitrogens is 1. The zero-order valence-electron chi connectivity index (χ0n) is 12.5. The second kappa shape index (κ2) is 7.06. The largest absolute Gasteiger partial charge is 0.348 e. The van der Waals surface area contributed by atoms with Gasteiger partial charge in [0.15, 0.2) is 0 Å². The van der Waals surface area contributed by atoms with E-state index in [1.54, 1.807) is 17.1 Å². The standard InChI is InChI=1S/C14H21N7O/c22-14(17-4-2-9-21-10-7-18-19-21)20-8-1-3-12(11-20)13-15-5-6-16-13/h5-7,10,12H,1-4,8-9,11H2,(H,15,16)(H,17,22)/t12-/m0/s1. The number of carbonyl (C=O) groups is 1. The first-order chi connectivity index (χ1) is 10.8. The first kappa shape index (κ1) is 14.6. The van der Waals surface area contributed by atoms with Gasteiger partial charge in [0.05, 0.1) is 6.20 Å². The minimum atomic E-state index is 0.00912. The van der Waals surface area contributed by atoms with E-state index in [0.717, 1.165) is 44.7 Å². The lowest BCUT2D eigenvalue weighted by molar-refractivity contribution is 0.178. The van der Waals surface area contributed by atoms with Crippen molar-refractivity contribution in [1.29, 1.82) is 0 Å². The van der Waals surface area contributed by atoms with Gasteiger partial charge in [-0.2, -0.15) is 0 Å². The zero-order valence-corrected chi connectivity index (χ0v) is 12.5. The predicted octanol–water partition coefficient (Wildman–Crippen LogP) is 0.980. The fourth-order valence-corrected chi connectivity index (χ4v) is 2.79. The first-order valence-corrected chi connectivity index (χ1v) is 7.69. The quantitative estimate of drug-likeness (QED) is 0.805. The van der Waals surface area contributed by atoms with Crippen molar-refractivity contribution in [2.75, 3.05) is 19.6 Å². The Bertz CT molecular complexity index is 566. The van der Waals surface area contributed by atoms with Gasteiger partial charge in [-0.25, -0.2) is 9.78 Å². The number of hydrogen-bond acceptors (Lipinski definition) is 4. The van der Waals surface area contributed by atoms with Gasteiger partial charge in [0.1, 0.15) is 5.82 Å². The molecule has 8 nitrogen and oxygen atoms in total. The molecule has 3 heterocycles. The van der Waals surface area contributed by atoms with Crippen LogP contribution in [0.5, 0.6) is 0 Å². The fourth-order valence-electron chi connectivity index (χ4n) is 2.79. The van der Waals surface area contributed by atoms with E-state index in [4.69, 9.17) is 0 Å². The van der Waals surface area contributed by atoms with Crippen LogP contribution in [0, 0.1) is 0 Å². The zero-order chi connectivity index (χ0) is 15.2.